The van der Waals surface area contributed by atoms with Gasteiger partial charge >= 0.3 is 0 Å². The maximum Gasteiger partial charge on any atom is 0.100 e. The highest BCUT2D eigenvalue weighted by molar-refractivity contribution is 7.98. The molecule has 2 heteroatoms. The van der Waals surface area contributed by atoms with Crippen LogP contribution in [0.5, 0.6) is 0 Å². The zero-order valence-corrected chi connectivity index (χ0v) is 8.48. The van der Waals surface area contributed by atoms with E-state index in [0.29, 0.717) is 0 Å². The maximum absolute atomic E-state index is 8.59. The van der Waals surface area contributed by atoms with Gasteiger partial charge in [0.2, 0.25) is 0 Å². The van der Waals surface area contributed by atoms with Crippen molar-refractivity contribution in [2.75, 3.05) is 6.26 Å². The van der Waals surface area contributed by atoms with Gasteiger partial charge in [-0.3, -0.25) is 0 Å². The highest BCUT2D eigenvalue weighted by Crippen LogP contribution is 2.18. The Morgan fingerprint density at radius 2 is 1.83 bits per heavy atom. The summed E-state index contributed by atoms with van der Waals surface area (Å²) in [7, 11) is 0. The van der Waals surface area contributed by atoms with Crippen molar-refractivity contribution >= 4 is 11.8 Å². The van der Waals surface area contributed by atoms with Gasteiger partial charge in [0.1, 0.15) is 6.07 Å². The zero-order valence-electron chi connectivity index (χ0n) is 7.66. The maximum atomic E-state index is 8.59. The molecule has 0 unspecified atom stereocenters. The van der Waals surface area contributed by atoms with Crippen LogP contribution in [0.2, 0.25) is 0 Å². The van der Waals surface area contributed by atoms with Gasteiger partial charge in [-0.2, -0.15) is 5.26 Å². The summed E-state index contributed by atoms with van der Waals surface area (Å²) in [5, 5.41) is 8.59. The normalized spacial score (nSPS) is 7.83. The molecular formula is C10H13NS. The fourth-order valence-electron chi connectivity index (χ4n) is 0.737. The molecule has 1 nitrogen and oxygen atoms in total. The number of thioether (sulfide) groups is 1. The van der Waals surface area contributed by atoms with Crippen molar-refractivity contribution in [1.29, 1.82) is 5.26 Å². The highest BCUT2D eigenvalue weighted by atomic mass is 32.2. The van der Waals surface area contributed by atoms with Crippen molar-refractivity contribution in [3.8, 4) is 6.07 Å². The van der Waals surface area contributed by atoms with Gasteiger partial charge in [0, 0.05) is 4.90 Å². The first-order valence-electron chi connectivity index (χ1n) is 3.91. The van der Waals surface area contributed by atoms with Crippen molar-refractivity contribution in [2.45, 2.75) is 18.7 Å². The van der Waals surface area contributed by atoms with E-state index in [4.69, 9.17) is 5.26 Å². The molecule has 0 bridgehead atoms. The van der Waals surface area contributed by atoms with Crippen LogP contribution < -0.4 is 0 Å². The van der Waals surface area contributed by atoms with Crippen molar-refractivity contribution in [2.24, 2.45) is 0 Å². The van der Waals surface area contributed by atoms with E-state index in [1.165, 1.54) is 0 Å². The fourth-order valence-corrected chi connectivity index (χ4v) is 1.29. The lowest BCUT2D eigenvalue weighted by Crippen LogP contribution is -1.76. The molecule has 64 valence electrons. The molecule has 0 aliphatic carbocycles. The van der Waals surface area contributed by atoms with Gasteiger partial charge in [0.25, 0.3) is 0 Å². The molecule has 1 rings (SSSR count). The van der Waals surface area contributed by atoms with Gasteiger partial charge in [-0.25, -0.2) is 0 Å². The molecule has 0 amide bonds. The summed E-state index contributed by atoms with van der Waals surface area (Å²) < 4.78 is 0. The van der Waals surface area contributed by atoms with Crippen LogP contribution in [-0.4, -0.2) is 6.26 Å². The van der Waals surface area contributed by atoms with Crippen molar-refractivity contribution in [1.82, 2.24) is 0 Å². The largest absolute Gasteiger partial charge is 0.192 e. The molecule has 0 fully saturated rings. The number of nitrogens with zero attached hydrogens (tertiary/aromatic N) is 1. The van der Waals surface area contributed by atoms with Gasteiger partial charge < -0.3 is 0 Å². The predicted molar refractivity (Wildman–Crippen MR) is 54.3 cm³/mol. The fraction of sp³-hybridized carbons (Fsp3) is 0.300. The minimum absolute atomic E-state index is 0.759. The Kier molecular flexibility index (Phi) is 6.22. The molecule has 12 heavy (non-hydrogen) atoms. The third-order valence-corrected chi connectivity index (χ3v) is 2.02. The molecule has 1 aromatic rings. The third-order valence-electron chi connectivity index (χ3n) is 1.23. The van der Waals surface area contributed by atoms with Crippen LogP contribution in [0.1, 0.15) is 19.4 Å². The summed E-state index contributed by atoms with van der Waals surface area (Å²) in [6.45, 7) is 4.00. The molecule has 1 aromatic carbocycles. The smallest absolute Gasteiger partial charge is 0.100 e. The lowest BCUT2D eigenvalue weighted by Gasteiger charge is -1.95. The van der Waals surface area contributed by atoms with Crippen LogP contribution in [0.4, 0.5) is 0 Å². The average Bonchev–Trinajstić information content (AvgIpc) is 2.20. The van der Waals surface area contributed by atoms with Crippen molar-refractivity contribution in [3.05, 3.63) is 29.8 Å². The Hall–Kier alpha value is -0.940. The molecule has 0 aliphatic heterocycles. The predicted octanol–water partition coefficient (Wildman–Crippen LogP) is 3.31. The highest BCUT2D eigenvalue weighted by Gasteiger charge is 1.95. The van der Waals surface area contributed by atoms with E-state index in [9.17, 15) is 0 Å². The molecule has 0 aromatic heterocycles. The standard InChI is InChI=1S/C8H7NS.C2H6/c1-10-8-5-3-2-4-7(8)6-9;1-2/h2-5H,1H3;1-2H3. The summed E-state index contributed by atoms with van der Waals surface area (Å²) in [5.41, 5.74) is 0.759. The molecule has 0 radical (unpaired) electrons. The number of nitriles is 1. The summed E-state index contributed by atoms with van der Waals surface area (Å²) in [5.74, 6) is 0. The third kappa shape index (κ3) is 2.98. The second-order valence-electron chi connectivity index (χ2n) is 1.81. The van der Waals surface area contributed by atoms with Gasteiger partial charge in [-0.05, 0) is 18.4 Å². The summed E-state index contributed by atoms with van der Waals surface area (Å²) in [4.78, 5) is 1.05. The number of rotatable bonds is 1. The van der Waals surface area contributed by atoms with Crippen LogP contribution in [0.15, 0.2) is 29.2 Å². The van der Waals surface area contributed by atoms with E-state index < -0.39 is 0 Å². The summed E-state index contributed by atoms with van der Waals surface area (Å²) >= 11 is 1.60. The van der Waals surface area contributed by atoms with Crippen LogP contribution in [0.25, 0.3) is 0 Å². The molecular weight excluding hydrogens is 166 g/mol. The topological polar surface area (TPSA) is 23.8 Å². The number of hydrogen-bond acceptors (Lipinski definition) is 2. The molecule has 0 heterocycles. The lowest BCUT2D eigenvalue weighted by atomic mass is 10.2. The van der Waals surface area contributed by atoms with Gasteiger partial charge in [0.15, 0.2) is 0 Å². The first-order valence-corrected chi connectivity index (χ1v) is 5.14. The van der Waals surface area contributed by atoms with Crippen LogP contribution in [-0.2, 0) is 0 Å². The van der Waals surface area contributed by atoms with Crippen LogP contribution in [0.3, 0.4) is 0 Å². The Labute approximate surface area is 78.4 Å². The van der Waals surface area contributed by atoms with E-state index in [-0.39, 0.29) is 0 Å². The van der Waals surface area contributed by atoms with E-state index in [1.54, 1.807) is 11.8 Å². The van der Waals surface area contributed by atoms with E-state index in [0.717, 1.165) is 10.5 Å². The average molecular weight is 179 g/mol. The molecule has 0 atom stereocenters. The summed E-state index contributed by atoms with van der Waals surface area (Å²) in [6, 6.07) is 9.71. The van der Waals surface area contributed by atoms with E-state index >= 15 is 0 Å². The van der Waals surface area contributed by atoms with E-state index in [2.05, 4.69) is 6.07 Å². The minimum Gasteiger partial charge on any atom is -0.192 e. The Balaban J connectivity index is 0.000000561. The molecule has 0 saturated heterocycles. The van der Waals surface area contributed by atoms with Crippen molar-refractivity contribution < 1.29 is 0 Å². The summed E-state index contributed by atoms with van der Waals surface area (Å²) in [6.07, 6.45) is 1.97. The zero-order chi connectivity index (χ0) is 9.40. The van der Waals surface area contributed by atoms with E-state index in [1.807, 2.05) is 44.4 Å². The first kappa shape index (κ1) is 11.1. The molecule has 0 spiro atoms. The quantitative estimate of drug-likeness (QED) is 0.617. The van der Waals surface area contributed by atoms with Gasteiger partial charge in [0.05, 0.1) is 5.56 Å². The number of benzene rings is 1. The van der Waals surface area contributed by atoms with Crippen molar-refractivity contribution in [3.63, 3.8) is 0 Å². The monoisotopic (exact) mass is 179 g/mol. The number of hydrogen-bond donors (Lipinski definition) is 0. The SMILES string of the molecule is CC.CSc1ccccc1C#N. The molecule has 0 aliphatic rings. The lowest BCUT2D eigenvalue weighted by molar-refractivity contribution is 1.37. The second kappa shape index (κ2) is 6.75. The minimum atomic E-state index is 0.759. The Morgan fingerprint density at radius 3 is 2.25 bits per heavy atom. The van der Waals surface area contributed by atoms with Crippen LogP contribution in [0, 0.1) is 11.3 Å². The van der Waals surface area contributed by atoms with Gasteiger partial charge in [-0.15, -0.1) is 11.8 Å². The van der Waals surface area contributed by atoms with Crippen LogP contribution >= 0.6 is 11.8 Å². The molecule has 0 saturated carbocycles. The van der Waals surface area contributed by atoms with Gasteiger partial charge in [-0.1, -0.05) is 26.0 Å². The first-order chi connectivity index (χ1) is 5.88. The Morgan fingerprint density at radius 1 is 1.25 bits per heavy atom. The molecule has 0 N–H and O–H groups in total. The Bertz CT molecular complexity index is 263. The second-order valence-corrected chi connectivity index (χ2v) is 2.66.